The number of fused-ring (bicyclic) bond motifs is 1. The molecule has 0 bridgehead atoms. The first kappa shape index (κ1) is 18.1. The highest BCUT2D eigenvalue weighted by Gasteiger charge is 2.09. The zero-order valence-electron chi connectivity index (χ0n) is 13.7. The maximum absolute atomic E-state index is 5.85. The Hall–Kier alpha value is -1.70. The Kier molecular flexibility index (Phi) is 5.88. The molecular weight excluding hydrogens is 448 g/mol. The average Bonchev–Trinajstić information content (AvgIpc) is 2.59. The Labute approximate surface area is 163 Å². The predicted octanol–water partition coefficient (Wildman–Crippen LogP) is 4.93. The highest BCUT2D eigenvalue weighted by Crippen LogP contribution is 2.31. The second kappa shape index (κ2) is 8.12. The van der Waals surface area contributed by atoms with E-state index < -0.39 is 0 Å². The largest absolute Gasteiger partial charge is 0.493 e. The Morgan fingerprint density at radius 2 is 1.96 bits per heavy atom. The molecule has 5 nitrogen and oxygen atoms in total. The molecule has 2 aromatic carbocycles. The Bertz CT molecular complexity index is 902. The molecule has 25 heavy (non-hydrogen) atoms. The Balaban J connectivity index is 1.96. The van der Waals surface area contributed by atoms with E-state index in [1.165, 1.54) is 0 Å². The smallest absolute Gasteiger partial charge is 0.141 e. The number of hydrogen-bond acceptors (Lipinski definition) is 5. The molecule has 0 aliphatic carbocycles. The average molecular weight is 466 g/mol. The van der Waals surface area contributed by atoms with E-state index in [1.807, 2.05) is 37.3 Å². The molecule has 3 N–H and O–H groups in total. The van der Waals surface area contributed by atoms with E-state index in [9.17, 15) is 0 Å². The minimum atomic E-state index is 0.596. The SMILES string of the molecule is Cc1cc2ncnc(Nc3ccc(Br)c(Br)c3)c2cc1OCCCN. The molecule has 3 aromatic rings. The monoisotopic (exact) mass is 464 g/mol. The van der Waals surface area contributed by atoms with Crippen LogP contribution in [0.25, 0.3) is 10.9 Å². The lowest BCUT2D eigenvalue weighted by atomic mass is 10.1. The van der Waals surface area contributed by atoms with E-state index in [-0.39, 0.29) is 0 Å². The van der Waals surface area contributed by atoms with Gasteiger partial charge in [0, 0.05) is 20.0 Å². The molecule has 0 radical (unpaired) electrons. The first-order valence-corrected chi connectivity index (χ1v) is 9.47. The molecule has 3 rings (SSSR count). The van der Waals surface area contributed by atoms with Gasteiger partial charge < -0.3 is 15.8 Å². The van der Waals surface area contributed by atoms with Crippen molar-refractivity contribution < 1.29 is 4.74 Å². The number of nitrogens with zero attached hydrogens (tertiary/aromatic N) is 2. The number of hydrogen-bond donors (Lipinski definition) is 2. The minimum absolute atomic E-state index is 0.596. The molecule has 7 heteroatoms. The molecule has 1 heterocycles. The number of nitrogens with one attached hydrogen (secondary N) is 1. The van der Waals surface area contributed by atoms with Crippen LogP contribution in [0, 0.1) is 6.92 Å². The van der Waals surface area contributed by atoms with Gasteiger partial charge in [0.25, 0.3) is 0 Å². The molecule has 0 aliphatic heterocycles. The van der Waals surface area contributed by atoms with Crippen LogP contribution in [0.2, 0.25) is 0 Å². The van der Waals surface area contributed by atoms with Gasteiger partial charge in [-0.2, -0.15) is 0 Å². The minimum Gasteiger partial charge on any atom is -0.493 e. The summed E-state index contributed by atoms with van der Waals surface area (Å²) in [6.07, 6.45) is 2.38. The maximum atomic E-state index is 5.85. The van der Waals surface area contributed by atoms with Gasteiger partial charge in [-0.15, -0.1) is 0 Å². The molecule has 0 unspecified atom stereocenters. The molecule has 130 valence electrons. The highest BCUT2D eigenvalue weighted by molar-refractivity contribution is 9.13. The van der Waals surface area contributed by atoms with Crippen molar-refractivity contribution >= 4 is 54.3 Å². The fourth-order valence-electron chi connectivity index (χ4n) is 2.42. The lowest BCUT2D eigenvalue weighted by molar-refractivity contribution is 0.312. The van der Waals surface area contributed by atoms with Crippen molar-refractivity contribution in [3.05, 3.63) is 51.2 Å². The van der Waals surface area contributed by atoms with Gasteiger partial charge in [-0.3, -0.25) is 0 Å². The molecule has 0 spiro atoms. The van der Waals surface area contributed by atoms with Crippen molar-refractivity contribution in [2.24, 2.45) is 5.73 Å². The maximum Gasteiger partial charge on any atom is 0.141 e. The summed E-state index contributed by atoms with van der Waals surface area (Å²) in [6.45, 7) is 3.22. The zero-order chi connectivity index (χ0) is 17.8. The third-order valence-electron chi connectivity index (χ3n) is 3.72. The number of ether oxygens (including phenoxy) is 1. The summed E-state index contributed by atoms with van der Waals surface area (Å²) in [6, 6.07) is 9.94. The zero-order valence-corrected chi connectivity index (χ0v) is 16.9. The number of aromatic nitrogens is 2. The normalized spacial score (nSPS) is 10.9. The van der Waals surface area contributed by atoms with Crippen LogP contribution in [0.15, 0.2) is 45.6 Å². The lowest BCUT2D eigenvalue weighted by Crippen LogP contribution is -2.07. The van der Waals surface area contributed by atoms with Gasteiger partial charge in [-0.1, -0.05) is 0 Å². The summed E-state index contributed by atoms with van der Waals surface area (Å²) in [5.74, 6) is 1.57. The van der Waals surface area contributed by atoms with E-state index in [4.69, 9.17) is 10.5 Å². The Morgan fingerprint density at radius 3 is 2.72 bits per heavy atom. The molecule has 0 fully saturated rings. The lowest BCUT2D eigenvalue weighted by Gasteiger charge is -2.13. The van der Waals surface area contributed by atoms with Crippen LogP contribution in [0.5, 0.6) is 5.75 Å². The fraction of sp³-hybridized carbons (Fsp3) is 0.222. The standard InChI is InChI=1S/C18H18Br2N4O/c1-11-7-16-13(9-17(11)25-6-2-5-21)18(23-10-22-16)24-12-3-4-14(19)15(20)8-12/h3-4,7-10H,2,5-6,21H2,1H3,(H,22,23,24). The van der Waals surface area contributed by atoms with E-state index >= 15 is 0 Å². The number of halogens is 2. The molecule has 0 amide bonds. The van der Waals surface area contributed by atoms with Crippen LogP contribution in [0.3, 0.4) is 0 Å². The van der Waals surface area contributed by atoms with E-state index in [0.717, 1.165) is 49.1 Å². The molecule has 0 aliphatic rings. The quantitative estimate of drug-likeness (QED) is 0.504. The Morgan fingerprint density at radius 1 is 1.12 bits per heavy atom. The van der Waals surface area contributed by atoms with Crippen molar-refractivity contribution in [3.63, 3.8) is 0 Å². The number of nitrogens with two attached hydrogens (primary N) is 1. The third kappa shape index (κ3) is 4.29. The molecule has 0 saturated heterocycles. The predicted molar refractivity (Wildman–Crippen MR) is 109 cm³/mol. The van der Waals surface area contributed by atoms with Crippen LogP contribution < -0.4 is 15.8 Å². The number of anilines is 2. The summed E-state index contributed by atoms with van der Waals surface area (Å²) in [4.78, 5) is 8.77. The highest BCUT2D eigenvalue weighted by atomic mass is 79.9. The van der Waals surface area contributed by atoms with Crippen LogP contribution in [-0.2, 0) is 0 Å². The van der Waals surface area contributed by atoms with Crippen LogP contribution in [0.4, 0.5) is 11.5 Å². The van der Waals surface area contributed by atoms with Gasteiger partial charge in [0.05, 0.1) is 12.1 Å². The molecular formula is C18H18Br2N4O. The van der Waals surface area contributed by atoms with Crippen molar-refractivity contribution in [1.82, 2.24) is 9.97 Å². The van der Waals surface area contributed by atoms with Crippen molar-refractivity contribution in [3.8, 4) is 5.75 Å². The van der Waals surface area contributed by atoms with Gasteiger partial charge in [0.1, 0.15) is 17.9 Å². The number of aryl methyl sites for hydroxylation is 1. The fourth-order valence-corrected chi connectivity index (χ4v) is 3.04. The summed E-state index contributed by atoms with van der Waals surface area (Å²) < 4.78 is 7.82. The van der Waals surface area contributed by atoms with Crippen LogP contribution >= 0.6 is 31.9 Å². The van der Waals surface area contributed by atoms with Gasteiger partial charge in [-0.25, -0.2) is 9.97 Å². The third-order valence-corrected chi connectivity index (χ3v) is 5.60. The molecule has 0 atom stereocenters. The van der Waals surface area contributed by atoms with Gasteiger partial charge in [0.2, 0.25) is 0 Å². The summed E-state index contributed by atoms with van der Waals surface area (Å²) >= 11 is 6.99. The van der Waals surface area contributed by atoms with E-state index in [2.05, 4.69) is 47.1 Å². The van der Waals surface area contributed by atoms with Crippen molar-refractivity contribution in [2.45, 2.75) is 13.3 Å². The first-order chi connectivity index (χ1) is 12.1. The number of rotatable bonds is 6. The van der Waals surface area contributed by atoms with Gasteiger partial charge in [-0.05, 0) is 87.6 Å². The first-order valence-electron chi connectivity index (χ1n) is 7.89. The summed E-state index contributed by atoms with van der Waals surface area (Å²) in [5, 5.41) is 4.26. The van der Waals surface area contributed by atoms with Gasteiger partial charge in [0.15, 0.2) is 0 Å². The van der Waals surface area contributed by atoms with Crippen LogP contribution in [-0.4, -0.2) is 23.1 Å². The van der Waals surface area contributed by atoms with E-state index in [1.54, 1.807) is 6.33 Å². The second-order valence-electron chi connectivity index (χ2n) is 5.60. The second-order valence-corrected chi connectivity index (χ2v) is 7.31. The number of benzene rings is 2. The van der Waals surface area contributed by atoms with Crippen LogP contribution in [0.1, 0.15) is 12.0 Å². The topological polar surface area (TPSA) is 73.1 Å². The molecule has 0 saturated carbocycles. The van der Waals surface area contributed by atoms with Crippen molar-refractivity contribution in [2.75, 3.05) is 18.5 Å². The molecule has 1 aromatic heterocycles. The van der Waals surface area contributed by atoms with Crippen molar-refractivity contribution in [1.29, 1.82) is 0 Å². The summed E-state index contributed by atoms with van der Waals surface area (Å²) in [7, 11) is 0. The van der Waals surface area contributed by atoms with E-state index in [0.29, 0.717) is 13.2 Å². The van der Waals surface area contributed by atoms with Gasteiger partial charge >= 0.3 is 0 Å². The summed E-state index contributed by atoms with van der Waals surface area (Å²) in [5.41, 5.74) is 8.38.